The Hall–Kier alpha value is -0.720. The lowest BCUT2D eigenvalue weighted by atomic mass is 10.5. The number of rotatable bonds is 3. The molecule has 0 saturated heterocycles. The molecule has 0 spiro atoms. The second-order valence-electron chi connectivity index (χ2n) is 2.45. The van der Waals surface area contributed by atoms with Gasteiger partial charge in [-0.25, -0.2) is 13.4 Å². The number of hydrogen-bond acceptors (Lipinski definition) is 4. The normalized spacial score (nSPS) is 14.5. The highest BCUT2D eigenvalue weighted by molar-refractivity contribution is 8.05. The van der Waals surface area contributed by atoms with Gasteiger partial charge in [-0.3, -0.25) is 0 Å². The lowest BCUT2D eigenvalue weighted by Gasteiger charge is -2.04. The van der Waals surface area contributed by atoms with Gasteiger partial charge in [0, 0.05) is 6.26 Å². The van der Waals surface area contributed by atoms with Crippen molar-refractivity contribution >= 4 is 38.2 Å². The number of ether oxygens (including phenoxy) is 1. The number of halogens is 2. The zero-order chi connectivity index (χ0) is 12.2. The molecule has 0 fully saturated rings. The van der Waals surface area contributed by atoms with Crippen molar-refractivity contribution in [2.45, 2.75) is 0 Å². The number of sulfone groups is 1. The molecule has 0 aliphatic rings. The average Bonchev–Trinajstić information content (AvgIpc) is 2.02. The SMILES string of the molecule is C=C(Cl)/C(OC)=C(/Cl)N=C(N)S(C)(=O)=O. The van der Waals surface area contributed by atoms with Crippen molar-refractivity contribution in [2.75, 3.05) is 13.4 Å². The smallest absolute Gasteiger partial charge is 0.219 e. The molecule has 0 saturated carbocycles. The molecule has 0 atom stereocenters. The van der Waals surface area contributed by atoms with E-state index in [0.29, 0.717) is 0 Å². The number of methoxy groups -OCH3 is 1. The summed E-state index contributed by atoms with van der Waals surface area (Å²) in [6.45, 7) is 3.36. The van der Waals surface area contributed by atoms with Gasteiger partial charge in [0.25, 0.3) is 0 Å². The molecule has 0 rings (SSSR count). The van der Waals surface area contributed by atoms with Crippen molar-refractivity contribution in [3.05, 3.63) is 22.5 Å². The molecule has 0 unspecified atom stereocenters. The molecule has 0 aromatic heterocycles. The summed E-state index contributed by atoms with van der Waals surface area (Å²) in [7, 11) is -2.30. The van der Waals surface area contributed by atoms with Crippen molar-refractivity contribution in [3.63, 3.8) is 0 Å². The Morgan fingerprint density at radius 1 is 1.47 bits per heavy atom. The zero-order valence-corrected chi connectivity index (χ0v) is 10.4. The van der Waals surface area contributed by atoms with Crippen molar-refractivity contribution in [2.24, 2.45) is 10.7 Å². The van der Waals surface area contributed by atoms with Gasteiger partial charge in [-0.2, -0.15) is 0 Å². The lowest BCUT2D eigenvalue weighted by molar-refractivity contribution is 0.302. The summed E-state index contributed by atoms with van der Waals surface area (Å²) in [5, 5.41) is -0.909. The van der Waals surface area contributed by atoms with Crippen molar-refractivity contribution < 1.29 is 13.2 Å². The van der Waals surface area contributed by atoms with Crippen molar-refractivity contribution in [1.82, 2.24) is 0 Å². The Morgan fingerprint density at radius 3 is 2.20 bits per heavy atom. The van der Waals surface area contributed by atoms with E-state index in [1.54, 1.807) is 0 Å². The fraction of sp³-hybridized carbons (Fsp3) is 0.286. The molecule has 86 valence electrons. The molecule has 0 amide bonds. The van der Waals surface area contributed by atoms with Crippen LogP contribution in [0.4, 0.5) is 0 Å². The zero-order valence-electron chi connectivity index (χ0n) is 8.12. The van der Waals surface area contributed by atoms with E-state index >= 15 is 0 Å². The topological polar surface area (TPSA) is 81.8 Å². The Bertz CT molecular complexity index is 426. The van der Waals surface area contributed by atoms with Crippen LogP contribution in [0.3, 0.4) is 0 Å². The second-order valence-corrected chi connectivity index (χ2v) is 5.23. The van der Waals surface area contributed by atoms with Gasteiger partial charge in [-0.15, -0.1) is 0 Å². The van der Waals surface area contributed by atoms with Crippen LogP contribution in [0, 0.1) is 0 Å². The van der Waals surface area contributed by atoms with Crippen LogP contribution in [-0.2, 0) is 14.6 Å². The summed E-state index contributed by atoms with van der Waals surface area (Å²) in [5.74, 6) is -0.0371. The fourth-order valence-electron chi connectivity index (χ4n) is 0.537. The maximum atomic E-state index is 10.9. The van der Waals surface area contributed by atoms with Gasteiger partial charge in [0.15, 0.2) is 10.9 Å². The van der Waals surface area contributed by atoms with Crippen LogP contribution in [0.5, 0.6) is 0 Å². The molecular formula is C7H10Cl2N2O3S. The third-order valence-electron chi connectivity index (χ3n) is 1.23. The van der Waals surface area contributed by atoms with Crippen LogP contribution < -0.4 is 5.73 Å². The van der Waals surface area contributed by atoms with Crippen LogP contribution in [0.2, 0.25) is 0 Å². The molecule has 0 heterocycles. The van der Waals surface area contributed by atoms with Crippen molar-refractivity contribution in [1.29, 1.82) is 0 Å². The van der Waals surface area contributed by atoms with Gasteiger partial charge in [0.2, 0.25) is 15.0 Å². The predicted molar refractivity (Wildman–Crippen MR) is 61.3 cm³/mol. The summed E-state index contributed by atoms with van der Waals surface area (Å²) in [6, 6.07) is 0. The highest BCUT2D eigenvalue weighted by Gasteiger charge is 2.12. The summed E-state index contributed by atoms with van der Waals surface area (Å²) in [5.41, 5.74) is 5.16. The molecule has 0 aliphatic heterocycles. The highest BCUT2D eigenvalue weighted by Crippen LogP contribution is 2.21. The number of nitrogens with zero attached hydrogens (tertiary/aromatic N) is 1. The van der Waals surface area contributed by atoms with Gasteiger partial charge in [0.05, 0.1) is 12.1 Å². The van der Waals surface area contributed by atoms with Crippen LogP contribution in [0.15, 0.2) is 27.5 Å². The van der Waals surface area contributed by atoms with Gasteiger partial charge in [0.1, 0.15) is 0 Å². The van der Waals surface area contributed by atoms with E-state index in [4.69, 9.17) is 33.7 Å². The number of aliphatic imine (C=N–C) groups is 1. The van der Waals surface area contributed by atoms with E-state index in [9.17, 15) is 8.42 Å². The van der Waals surface area contributed by atoms with E-state index in [1.165, 1.54) is 7.11 Å². The molecule has 15 heavy (non-hydrogen) atoms. The Morgan fingerprint density at radius 2 is 1.93 bits per heavy atom. The first-order valence-corrected chi connectivity index (χ1v) is 6.17. The van der Waals surface area contributed by atoms with Gasteiger partial charge < -0.3 is 10.5 Å². The standard InChI is InChI=1S/C7H10Cl2N2O3S/c1-4(8)5(14-2)6(9)11-7(10)15(3,12)13/h1H2,2-3H3,(H2,10,11)/b6-5+. The Labute approximate surface area is 98.1 Å². The minimum absolute atomic E-state index is 0.00690. The van der Waals surface area contributed by atoms with Crippen LogP contribution in [0.25, 0.3) is 0 Å². The van der Waals surface area contributed by atoms with Gasteiger partial charge >= 0.3 is 0 Å². The Balaban J connectivity index is 5.37. The maximum absolute atomic E-state index is 10.9. The molecule has 0 aliphatic carbocycles. The third-order valence-corrected chi connectivity index (χ3v) is 2.51. The van der Waals surface area contributed by atoms with Crippen LogP contribution in [-0.4, -0.2) is 27.0 Å². The molecular weight excluding hydrogens is 263 g/mol. The molecule has 2 N–H and O–H groups in total. The molecule has 0 bridgehead atoms. The number of amidine groups is 1. The monoisotopic (exact) mass is 272 g/mol. The minimum atomic E-state index is -3.58. The summed E-state index contributed by atoms with van der Waals surface area (Å²) >= 11 is 11.1. The van der Waals surface area contributed by atoms with E-state index in [2.05, 4.69) is 11.6 Å². The van der Waals surface area contributed by atoms with Crippen LogP contribution in [0.1, 0.15) is 0 Å². The number of hydrogen-bond donors (Lipinski definition) is 1. The van der Waals surface area contributed by atoms with Crippen molar-refractivity contribution in [3.8, 4) is 0 Å². The lowest BCUT2D eigenvalue weighted by Crippen LogP contribution is -2.22. The maximum Gasteiger partial charge on any atom is 0.219 e. The minimum Gasteiger partial charge on any atom is -0.492 e. The molecule has 5 nitrogen and oxygen atoms in total. The largest absolute Gasteiger partial charge is 0.492 e. The molecule has 0 aromatic rings. The number of allylic oxidation sites excluding steroid dienone is 1. The first-order chi connectivity index (χ1) is 6.70. The first-order valence-electron chi connectivity index (χ1n) is 3.53. The van der Waals surface area contributed by atoms with E-state index < -0.39 is 15.0 Å². The molecule has 0 aromatic carbocycles. The summed E-state index contributed by atoms with van der Waals surface area (Å²) < 4.78 is 26.6. The van der Waals surface area contributed by atoms with E-state index in [0.717, 1.165) is 6.26 Å². The fourth-order valence-corrected chi connectivity index (χ4v) is 1.34. The van der Waals surface area contributed by atoms with Gasteiger partial charge in [-0.1, -0.05) is 29.8 Å². The Kier molecular flexibility index (Phi) is 5.13. The van der Waals surface area contributed by atoms with E-state index in [1.807, 2.05) is 0 Å². The highest BCUT2D eigenvalue weighted by atomic mass is 35.5. The van der Waals surface area contributed by atoms with Crippen LogP contribution >= 0.6 is 23.2 Å². The quantitative estimate of drug-likeness (QED) is 0.275. The molecule has 8 heteroatoms. The number of nitrogens with two attached hydrogens (primary N) is 1. The van der Waals surface area contributed by atoms with E-state index in [-0.39, 0.29) is 15.9 Å². The average molecular weight is 273 g/mol. The summed E-state index contributed by atoms with van der Waals surface area (Å²) in [4.78, 5) is 3.42. The van der Waals surface area contributed by atoms with Gasteiger partial charge in [-0.05, 0) is 0 Å². The first kappa shape index (κ1) is 14.3. The third kappa shape index (κ3) is 4.55. The summed E-state index contributed by atoms with van der Waals surface area (Å²) in [6.07, 6.45) is 0.901. The molecule has 0 radical (unpaired) electrons. The second kappa shape index (κ2) is 5.39. The predicted octanol–water partition coefficient (Wildman–Crippen LogP) is 1.15.